The molecule has 0 aliphatic heterocycles. The fourth-order valence-corrected chi connectivity index (χ4v) is 2.49. The van der Waals surface area contributed by atoms with Gasteiger partial charge in [-0.15, -0.1) is 0 Å². The highest BCUT2D eigenvalue weighted by Crippen LogP contribution is 2.27. The zero-order chi connectivity index (χ0) is 17.4. The molecular weight excluding hydrogens is 288 g/mol. The number of carbonyl (C=O) groups is 1. The summed E-state index contributed by atoms with van der Waals surface area (Å²) in [6, 6.07) is 3.87. The predicted molar refractivity (Wildman–Crippen MR) is 93.6 cm³/mol. The predicted octanol–water partition coefficient (Wildman–Crippen LogP) is 4.00. The first-order chi connectivity index (χ1) is 10.4. The van der Waals surface area contributed by atoms with Crippen molar-refractivity contribution in [2.75, 3.05) is 5.32 Å². The summed E-state index contributed by atoms with van der Waals surface area (Å²) in [6.07, 6.45) is 1.25. The molecular formula is C18H28N4O. The Bertz CT molecular complexity index is 717. The molecule has 0 fully saturated rings. The van der Waals surface area contributed by atoms with Gasteiger partial charge < -0.3 is 5.32 Å². The third kappa shape index (κ3) is 4.78. The third-order valence-corrected chi connectivity index (χ3v) is 3.35. The molecule has 0 aliphatic carbocycles. The molecule has 5 heteroatoms. The van der Waals surface area contributed by atoms with Crippen LogP contribution in [0.1, 0.15) is 59.4 Å². The van der Waals surface area contributed by atoms with Crippen molar-refractivity contribution in [1.29, 1.82) is 0 Å². The second-order valence-electron chi connectivity index (χ2n) is 8.67. The van der Waals surface area contributed by atoms with E-state index in [1.54, 1.807) is 0 Å². The minimum atomic E-state index is -0.0533. The minimum absolute atomic E-state index is 0.00668. The molecule has 0 bridgehead atoms. The highest BCUT2D eigenvalue weighted by Gasteiger charge is 2.23. The zero-order valence-electron chi connectivity index (χ0n) is 15.3. The van der Waals surface area contributed by atoms with Crippen LogP contribution in [0.15, 0.2) is 12.1 Å². The summed E-state index contributed by atoms with van der Waals surface area (Å²) in [5.74, 6) is 0.625. The summed E-state index contributed by atoms with van der Waals surface area (Å²) in [5.41, 5.74) is 2.67. The molecule has 0 saturated carbocycles. The average Bonchev–Trinajstić information content (AvgIpc) is 2.63. The molecule has 0 radical (unpaired) electrons. The number of aromatic nitrogens is 3. The fourth-order valence-electron chi connectivity index (χ4n) is 2.49. The van der Waals surface area contributed by atoms with Gasteiger partial charge in [-0.1, -0.05) is 41.5 Å². The largest absolute Gasteiger partial charge is 0.309 e. The van der Waals surface area contributed by atoms with Crippen LogP contribution in [-0.4, -0.2) is 20.5 Å². The maximum atomic E-state index is 12.3. The van der Waals surface area contributed by atoms with Gasteiger partial charge >= 0.3 is 0 Å². The Morgan fingerprint density at radius 1 is 1.13 bits per heavy atom. The SMILES string of the molecule is Cc1ccc2nc(NC(=O)CC(C)(C)C)c(CC(C)(C)C)n2n1. The van der Waals surface area contributed by atoms with E-state index in [1.807, 2.05) is 23.6 Å². The lowest BCUT2D eigenvalue weighted by Crippen LogP contribution is -2.21. The number of aryl methyl sites for hydroxylation is 1. The monoisotopic (exact) mass is 316 g/mol. The molecule has 0 saturated heterocycles. The molecule has 0 atom stereocenters. The van der Waals surface area contributed by atoms with Gasteiger partial charge in [-0.2, -0.15) is 5.10 Å². The number of hydrogen-bond donors (Lipinski definition) is 1. The molecule has 5 nitrogen and oxygen atoms in total. The number of anilines is 1. The number of imidazole rings is 1. The molecule has 2 aromatic heterocycles. The van der Waals surface area contributed by atoms with Crippen molar-refractivity contribution in [2.24, 2.45) is 10.8 Å². The van der Waals surface area contributed by atoms with E-state index in [9.17, 15) is 4.79 Å². The first kappa shape index (κ1) is 17.4. The lowest BCUT2D eigenvalue weighted by Gasteiger charge is -2.19. The smallest absolute Gasteiger partial charge is 0.226 e. The molecule has 0 aromatic carbocycles. The van der Waals surface area contributed by atoms with Crippen LogP contribution in [0.2, 0.25) is 0 Å². The summed E-state index contributed by atoms with van der Waals surface area (Å²) in [6.45, 7) is 14.6. The van der Waals surface area contributed by atoms with Gasteiger partial charge in [-0.3, -0.25) is 4.79 Å². The highest BCUT2D eigenvalue weighted by atomic mass is 16.1. The van der Waals surface area contributed by atoms with Crippen LogP contribution in [0.3, 0.4) is 0 Å². The number of nitrogens with one attached hydrogen (secondary N) is 1. The number of carbonyl (C=O) groups excluding carboxylic acids is 1. The van der Waals surface area contributed by atoms with E-state index >= 15 is 0 Å². The summed E-state index contributed by atoms with van der Waals surface area (Å²) < 4.78 is 1.85. The zero-order valence-corrected chi connectivity index (χ0v) is 15.3. The van der Waals surface area contributed by atoms with Crippen molar-refractivity contribution in [1.82, 2.24) is 14.6 Å². The van der Waals surface area contributed by atoms with Crippen molar-refractivity contribution >= 4 is 17.4 Å². The molecule has 2 heterocycles. The summed E-state index contributed by atoms with van der Waals surface area (Å²) in [7, 11) is 0. The standard InChI is InChI=1S/C18H28N4O/c1-12-8-9-14-19-16(20-15(23)11-18(5,6)7)13(22(14)21-12)10-17(2,3)4/h8-9H,10-11H2,1-7H3,(H,20,23). The number of amides is 1. The fraction of sp³-hybridized carbons (Fsp3) is 0.611. The van der Waals surface area contributed by atoms with E-state index < -0.39 is 0 Å². The van der Waals surface area contributed by atoms with Gasteiger partial charge in [0.05, 0.1) is 11.4 Å². The molecule has 1 N–H and O–H groups in total. The Morgan fingerprint density at radius 2 is 1.78 bits per heavy atom. The van der Waals surface area contributed by atoms with Gasteiger partial charge in [-0.25, -0.2) is 9.50 Å². The molecule has 2 rings (SSSR count). The van der Waals surface area contributed by atoms with Crippen molar-refractivity contribution in [3.05, 3.63) is 23.5 Å². The van der Waals surface area contributed by atoms with Crippen LogP contribution < -0.4 is 5.32 Å². The van der Waals surface area contributed by atoms with Crippen LogP contribution in [0.5, 0.6) is 0 Å². The van der Waals surface area contributed by atoms with Crippen molar-refractivity contribution < 1.29 is 4.79 Å². The van der Waals surface area contributed by atoms with Gasteiger partial charge in [0.1, 0.15) is 0 Å². The van der Waals surface area contributed by atoms with Crippen LogP contribution in [0.25, 0.3) is 5.65 Å². The van der Waals surface area contributed by atoms with Crippen LogP contribution >= 0.6 is 0 Å². The lowest BCUT2D eigenvalue weighted by molar-refractivity contribution is -0.117. The lowest BCUT2D eigenvalue weighted by atomic mass is 9.90. The van der Waals surface area contributed by atoms with Crippen molar-refractivity contribution in [3.8, 4) is 0 Å². The molecule has 0 spiro atoms. The molecule has 2 aromatic rings. The Kier molecular flexibility index (Phi) is 4.51. The number of fused-ring (bicyclic) bond motifs is 1. The van der Waals surface area contributed by atoms with Crippen LogP contribution in [-0.2, 0) is 11.2 Å². The highest BCUT2D eigenvalue weighted by molar-refractivity contribution is 5.91. The van der Waals surface area contributed by atoms with Gasteiger partial charge in [0.25, 0.3) is 0 Å². The summed E-state index contributed by atoms with van der Waals surface area (Å²) in [5, 5.41) is 7.55. The first-order valence-electron chi connectivity index (χ1n) is 8.10. The van der Waals surface area contributed by atoms with E-state index in [0.29, 0.717) is 12.2 Å². The number of rotatable bonds is 3. The van der Waals surface area contributed by atoms with E-state index in [1.165, 1.54) is 0 Å². The number of hydrogen-bond acceptors (Lipinski definition) is 3. The van der Waals surface area contributed by atoms with Gasteiger partial charge in [0.15, 0.2) is 11.5 Å². The van der Waals surface area contributed by atoms with Crippen LogP contribution in [0.4, 0.5) is 5.82 Å². The molecule has 0 aliphatic rings. The number of nitrogens with zero attached hydrogens (tertiary/aromatic N) is 3. The third-order valence-electron chi connectivity index (χ3n) is 3.35. The Labute approximate surface area is 138 Å². The first-order valence-corrected chi connectivity index (χ1v) is 8.10. The maximum absolute atomic E-state index is 12.3. The summed E-state index contributed by atoms with van der Waals surface area (Å²) in [4.78, 5) is 16.9. The second kappa shape index (κ2) is 5.95. The molecule has 23 heavy (non-hydrogen) atoms. The van der Waals surface area contributed by atoms with E-state index in [0.717, 1.165) is 23.5 Å². The van der Waals surface area contributed by atoms with Gasteiger partial charge in [0, 0.05) is 6.42 Å². The van der Waals surface area contributed by atoms with E-state index in [2.05, 4.69) is 56.9 Å². The second-order valence-corrected chi connectivity index (χ2v) is 8.67. The summed E-state index contributed by atoms with van der Waals surface area (Å²) >= 11 is 0. The quantitative estimate of drug-likeness (QED) is 0.931. The van der Waals surface area contributed by atoms with E-state index in [-0.39, 0.29) is 16.7 Å². The Hall–Kier alpha value is -1.91. The van der Waals surface area contributed by atoms with Gasteiger partial charge in [0.2, 0.25) is 5.91 Å². The Morgan fingerprint density at radius 3 is 2.35 bits per heavy atom. The van der Waals surface area contributed by atoms with Gasteiger partial charge in [-0.05, 0) is 36.3 Å². The minimum Gasteiger partial charge on any atom is -0.309 e. The van der Waals surface area contributed by atoms with E-state index in [4.69, 9.17) is 0 Å². The van der Waals surface area contributed by atoms with Crippen molar-refractivity contribution in [3.63, 3.8) is 0 Å². The molecule has 1 amide bonds. The van der Waals surface area contributed by atoms with Crippen LogP contribution in [0, 0.1) is 17.8 Å². The normalized spacial score (nSPS) is 12.7. The topological polar surface area (TPSA) is 59.3 Å². The maximum Gasteiger partial charge on any atom is 0.226 e. The average molecular weight is 316 g/mol. The Balaban J connectivity index is 2.41. The molecule has 126 valence electrons. The van der Waals surface area contributed by atoms with Crippen molar-refractivity contribution in [2.45, 2.75) is 61.3 Å². The molecule has 0 unspecified atom stereocenters.